The number of thiophene rings is 1. The van der Waals surface area contributed by atoms with Gasteiger partial charge in [0, 0.05) is 18.0 Å². The van der Waals surface area contributed by atoms with Crippen molar-refractivity contribution in [1.29, 1.82) is 0 Å². The molecule has 0 amide bonds. The van der Waals surface area contributed by atoms with Gasteiger partial charge >= 0.3 is 0 Å². The first-order valence-corrected chi connectivity index (χ1v) is 8.57. The van der Waals surface area contributed by atoms with E-state index in [0.717, 1.165) is 10.4 Å². The van der Waals surface area contributed by atoms with Crippen LogP contribution >= 0.6 is 11.3 Å². The summed E-state index contributed by atoms with van der Waals surface area (Å²) >= 11 is 1.46. The number of aryl methyl sites for hydroxylation is 1. The molecule has 0 radical (unpaired) electrons. The number of hydrogen-bond donors (Lipinski definition) is 2. The van der Waals surface area contributed by atoms with Crippen molar-refractivity contribution in [3.8, 4) is 0 Å². The Morgan fingerprint density at radius 2 is 2.11 bits per heavy atom. The minimum Gasteiger partial charge on any atom is -0.377 e. The summed E-state index contributed by atoms with van der Waals surface area (Å²) in [6, 6.07) is 0. The summed E-state index contributed by atoms with van der Waals surface area (Å²) in [5, 5.41) is 4.85. The Morgan fingerprint density at radius 1 is 1.42 bits per heavy atom. The molecule has 19 heavy (non-hydrogen) atoms. The molecule has 1 heterocycles. The second kappa shape index (κ2) is 7.35. The highest BCUT2D eigenvalue weighted by molar-refractivity contribution is 7.89. The third kappa shape index (κ3) is 4.85. The molecule has 0 aliphatic carbocycles. The van der Waals surface area contributed by atoms with Gasteiger partial charge in [0.15, 0.2) is 0 Å². The molecular weight excluding hydrogens is 284 g/mol. The van der Waals surface area contributed by atoms with Crippen molar-refractivity contribution in [1.82, 2.24) is 10.0 Å². The van der Waals surface area contributed by atoms with Crippen LogP contribution in [0.4, 0.5) is 0 Å². The molecule has 0 saturated heterocycles. The average Bonchev–Trinajstić information content (AvgIpc) is 2.67. The summed E-state index contributed by atoms with van der Waals surface area (Å²) < 4.78 is 32.4. The predicted molar refractivity (Wildman–Crippen MR) is 78.1 cm³/mol. The van der Waals surface area contributed by atoms with E-state index in [4.69, 9.17) is 4.74 Å². The fourth-order valence-electron chi connectivity index (χ4n) is 1.67. The Morgan fingerprint density at radius 3 is 2.68 bits per heavy atom. The van der Waals surface area contributed by atoms with E-state index in [1.54, 1.807) is 7.05 Å². The van der Waals surface area contributed by atoms with Crippen LogP contribution in [0.1, 0.15) is 24.3 Å². The Hall–Kier alpha value is -0.470. The Balaban J connectivity index is 2.74. The zero-order chi connectivity index (χ0) is 14.5. The van der Waals surface area contributed by atoms with E-state index in [1.165, 1.54) is 11.3 Å². The molecule has 0 fully saturated rings. The topological polar surface area (TPSA) is 67.4 Å². The van der Waals surface area contributed by atoms with E-state index in [9.17, 15) is 8.42 Å². The Labute approximate surface area is 119 Å². The monoisotopic (exact) mass is 306 g/mol. The Kier molecular flexibility index (Phi) is 6.41. The van der Waals surface area contributed by atoms with Crippen molar-refractivity contribution in [2.45, 2.75) is 38.3 Å². The lowest BCUT2D eigenvalue weighted by Gasteiger charge is -2.10. The molecule has 0 aliphatic heterocycles. The van der Waals surface area contributed by atoms with E-state index in [-0.39, 0.29) is 12.6 Å². The molecular formula is C12H22N2O3S2. The molecule has 2 N–H and O–H groups in total. The summed E-state index contributed by atoms with van der Waals surface area (Å²) in [6.45, 7) is 6.87. The summed E-state index contributed by atoms with van der Waals surface area (Å²) in [5.74, 6) is 0. The van der Waals surface area contributed by atoms with Crippen LogP contribution in [-0.4, -0.2) is 34.7 Å². The van der Waals surface area contributed by atoms with Crippen molar-refractivity contribution < 1.29 is 13.2 Å². The molecule has 0 aromatic carbocycles. The van der Waals surface area contributed by atoms with Crippen molar-refractivity contribution in [2.24, 2.45) is 0 Å². The third-order valence-electron chi connectivity index (χ3n) is 2.44. The standard InChI is InChI=1S/C12H22N2O3S2/c1-9(2)17-6-5-14-19(15,16)12-10(3)8-18-11(12)7-13-4/h8-9,13-14H,5-7H2,1-4H3. The maximum absolute atomic E-state index is 12.3. The number of sulfonamides is 1. The van der Waals surface area contributed by atoms with E-state index in [0.29, 0.717) is 18.0 Å². The molecule has 5 nitrogen and oxygen atoms in total. The zero-order valence-electron chi connectivity index (χ0n) is 11.8. The van der Waals surface area contributed by atoms with E-state index in [2.05, 4.69) is 10.0 Å². The SMILES string of the molecule is CNCc1scc(C)c1S(=O)(=O)NCCOC(C)C. The van der Waals surface area contributed by atoms with Crippen molar-refractivity contribution in [3.63, 3.8) is 0 Å². The van der Waals surface area contributed by atoms with Gasteiger partial charge < -0.3 is 10.1 Å². The molecule has 0 aliphatic rings. The summed E-state index contributed by atoms with van der Waals surface area (Å²) in [7, 11) is -1.66. The lowest BCUT2D eigenvalue weighted by atomic mass is 10.3. The van der Waals surface area contributed by atoms with Gasteiger partial charge in [0.05, 0.1) is 12.7 Å². The number of hydrogen-bond acceptors (Lipinski definition) is 5. The smallest absolute Gasteiger partial charge is 0.242 e. The van der Waals surface area contributed by atoms with Gasteiger partial charge in [0.1, 0.15) is 4.90 Å². The van der Waals surface area contributed by atoms with E-state index < -0.39 is 10.0 Å². The van der Waals surface area contributed by atoms with Crippen LogP contribution in [0.2, 0.25) is 0 Å². The summed E-state index contributed by atoms with van der Waals surface area (Å²) in [4.78, 5) is 1.23. The maximum Gasteiger partial charge on any atom is 0.242 e. The van der Waals surface area contributed by atoms with Crippen LogP contribution in [0.3, 0.4) is 0 Å². The molecule has 0 bridgehead atoms. The average molecular weight is 306 g/mol. The van der Waals surface area contributed by atoms with Crippen LogP contribution in [0.15, 0.2) is 10.3 Å². The van der Waals surface area contributed by atoms with Gasteiger partial charge in [-0.1, -0.05) is 0 Å². The van der Waals surface area contributed by atoms with Crippen LogP contribution in [0.25, 0.3) is 0 Å². The van der Waals surface area contributed by atoms with Crippen LogP contribution in [0.5, 0.6) is 0 Å². The third-order valence-corrected chi connectivity index (χ3v) is 5.36. The van der Waals surface area contributed by atoms with Gasteiger partial charge in [-0.05, 0) is 38.8 Å². The fraction of sp³-hybridized carbons (Fsp3) is 0.667. The highest BCUT2D eigenvalue weighted by atomic mass is 32.2. The van der Waals surface area contributed by atoms with Crippen LogP contribution < -0.4 is 10.0 Å². The number of rotatable bonds is 8. The quantitative estimate of drug-likeness (QED) is 0.714. The largest absolute Gasteiger partial charge is 0.377 e. The first-order chi connectivity index (χ1) is 8.88. The molecule has 0 atom stereocenters. The van der Waals surface area contributed by atoms with Crippen LogP contribution in [0, 0.1) is 6.92 Å². The highest BCUT2D eigenvalue weighted by Gasteiger charge is 2.22. The van der Waals surface area contributed by atoms with Gasteiger partial charge in [-0.25, -0.2) is 13.1 Å². The zero-order valence-corrected chi connectivity index (χ0v) is 13.5. The molecule has 0 saturated carbocycles. The minimum absolute atomic E-state index is 0.104. The van der Waals surface area contributed by atoms with E-state index >= 15 is 0 Å². The first kappa shape index (κ1) is 16.6. The van der Waals surface area contributed by atoms with Crippen molar-refractivity contribution in [2.75, 3.05) is 20.2 Å². The van der Waals surface area contributed by atoms with Crippen LogP contribution in [-0.2, 0) is 21.3 Å². The highest BCUT2D eigenvalue weighted by Crippen LogP contribution is 2.26. The molecule has 1 aromatic rings. The van der Waals surface area contributed by atoms with Gasteiger partial charge in [0.2, 0.25) is 10.0 Å². The second-order valence-corrected chi connectivity index (χ2v) is 7.19. The maximum atomic E-state index is 12.3. The summed E-state index contributed by atoms with van der Waals surface area (Å²) in [6.07, 6.45) is 0.104. The molecule has 0 unspecified atom stereocenters. The molecule has 1 aromatic heterocycles. The molecule has 0 spiro atoms. The van der Waals surface area contributed by atoms with Gasteiger partial charge in [-0.15, -0.1) is 11.3 Å². The predicted octanol–water partition coefficient (Wildman–Crippen LogP) is 1.48. The molecule has 110 valence electrons. The van der Waals surface area contributed by atoms with Crippen molar-refractivity contribution in [3.05, 3.63) is 15.8 Å². The van der Waals surface area contributed by atoms with E-state index in [1.807, 2.05) is 26.2 Å². The second-order valence-electron chi connectivity index (χ2n) is 4.52. The molecule has 7 heteroatoms. The fourth-order valence-corrected chi connectivity index (χ4v) is 4.51. The lowest BCUT2D eigenvalue weighted by Crippen LogP contribution is -2.29. The lowest BCUT2D eigenvalue weighted by molar-refractivity contribution is 0.0834. The number of nitrogens with one attached hydrogen (secondary N) is 2. The van der Waals surface area contributed by atoms with Gasteiger partial charge in [0.25, 0.3) is 0 Å². The first-order valence-electron chi connectivity index (χ1n) is 6.21. The Bertz CT molecular complexity index is 495. The minimum atomic E-state index is -3.46. The molecule has 1 rings (SSSR count). The van der Waals surface area contributed by atoms with Gasteiger partial charge in [-0.3, -0.25) is 0 Å². The van der Waals surface area contributed by atoms with Gasteiger partial charge in [-0.2, -0.15) is 0 Å². The van der Waals surface area contributed by atoms with Crippen molar-refractivity contribution >= 4 is 21.4 Å². The normalized spacial score (nSPS) is 12.3. The summed E-state index contributed by atoms with van der Waals surface area (Å²) in [5.41, 5.74) is 0.785. The number of ether oxygens (including phenoxy) is 1.